The molecule has 0 radical (unpaired) electrons. The summed E-state index contributed by atoms with van der Waals surface area (Å²) >= 11 is 0. The number of urea groups is 1. The van der Waals surface area contributed by atoms with Crippen molar-refractivity contribution in [3.63, 3.8) is 0 Å². The van der Waals surface area contributed by atoms with Gasteiger partial charge in [-0.2, -0.15) is 0 Å². The van der Waals surface area contributed by atoms with Gasteiger partial charge in [-0.15, -0.1) is 0 Å². The SMILES string of the molecule is CCC1(CNC2CCN(C(N)=O)CC2)CC1. The van der Waals surface area contributed by atoms with E-state index in [-0.39, 0.29) is 6.03 Å². The van der Waals surface area contributed by atoms with Gasteiger partial charge in [0.05, 0.1) is 0 Å². The molecule has 2 aliphatic rings. The van der Waals surface area contributed by atoms with Gasteiger partial charge in [0, 0.05) is 25.7 Å². The number of piperidine rings is 1. The Bertz CT molecular complexity index is 255. The summed E-state index contributed by atoms with van der Waals surface area (Å²) in [6, 6.07) is 0.310. The summed E-state index contributed by atoms with van der Waals surface area (Å²) in [7, 11) is 0. The molecule has 0 spiro atoms. The maximum Gasteiger partial charge on any atom is 0.314 e. The highest BCUT2D eigenvalue weighted by molar-refractivity contribution is 5.72. The minimum absolute atomic E-state index is 0.273. The van der Waals surface area contributed by atoms with Crippen LogP contribution >= 0.6 is 0 Å². The first-order valence-corrected chi connectivity index (χ1v) is 6.43. The van der Waals surface area contributed by atoms with Crippen molar-refractivity contribution in [2.45, 2.75) is 45.1 Å². The summed E-state index contributed by atoms with van der Waals surface area (Å²) in [4.78, 5) is 12.7. The van der Waals surface area contributed by atoms with Crippen LogP contribution in [-0.2, 0) is 0 Å². The summed E-state index contributed by atoms with van der Waals surface area (Å²) in [6.45, 7) is 5.06. The van der Waals surface area contributed by atoms with Gasteiger partial charge in [-0.1, -0.05) is 6.92 Å². The molecule has 1 aliphatic carbocycles. The second kappa shape index (κ2) is 4.62. The average molecular weight is 225 g/mol. The lowest BCUT2D eigenvalue weighted by molar-refractivity contribution is 0.183. The number of likely N-dealkylation sites (tertiary alicyclic amines) is 1. The van der Waals surface area contributed by atoms with Gasteiger partial charge in [0.25, 0.3) is 0 Å². The molecule has 2 amide bonds. The lowest BCUT2D eigenvalue weighted by atomic mass is 10.0. The van der Waals surface area contributed by atoms with E-state index in [0.717, 1.165) is 32.5 Å². The number of amides is 2. The quantitative estimate of drug-likeness (QED) is 0.758. The summed E-state index contributed by atoms with van der Waals surface area (Å²) in [5.74, 6) is 0. The second-order valence-corrected chi connectivity index (χ2v) is 5.33. The summed E-state index contributed by atoms with van der Waals surface area (Å²) in [6.07, 6.45) is 6.15. The van der Waals surface area contributed by atoms with E-state index in [2.05, 4.69) is 12.2 Å². The second-order valence-electron chi connectivity index (χ2n) is 5.33. The molecule has 4 nitrogen and oxygen atoms in total. The predicted molar refractivity (Wildman–Crippen MR) is 64.1 cm³/mol. The smallest absolute Gasteiger partial charge is 0.314 e. The largest absolute Gasteiger partial charge is 0.351 e. The molecule has 1 heterocycles. The van der Waals surface area contributed by atoms with Crippen LogP contribution in [0.1, 0.15) is 39.0 Å². The van der Waals surface area contributed by atoms with Gasteiger partial charge in [-0.25, -0.2) is 4.79 Å². The Morgan fingerprint density at radius 3 is 2.50 bits per heavy atom. The zero-order chi connectivity index (χ0) is 11.6. The van der Waals surface area contributed by atoms with Crippen LogP contribution in [0, 0.1) is 5.41 Å². The Morgan fingerprint density at radius 2 is 2.06 bits per heavy atom. The highest BCUT2D eigenvalue weighted by Crippen LogP contribution is 2.48. The van der Waals surface area contributed by atoms with Crippen LogP contribution < -0.4 is 11.1 Å². The van der Waals surface area contributed by atoms with Crippen LogP contribution in [0.2, 0.25) is 0 Å². The van der Waals surface area contributed by atoms with Gasteiger partial charge in [0.1, 0.15) is 0 Å². The molecule has 0 aromatic rings. The van der Waals surface area contributed by atoms with Crippen LogP contribution in [0.4, 0.5) is 4.79 Å². The number of nitrogens with one attached hydrogen (secondary N) is 1. The molecule has 0 bridgehead atoms. The fraction of sp³-hybridized carbons (Fsp3) is 0.917. The number of primary amides is 1. The fourth-order valence-electron chi connectivity index (χ4n) is 2.50. The molecule has 16 heavy (non-hydrogen) atoms. The molecule has 1 aliphatic heterocycles. The number of carbonyl (C=O) groups excluding carboxylic acids is 1. The maximum atomic E-state index is 11.0. The molecule has 3 N–H and O–H groups in total. The lowest BCUT2D eigenvalue weighted by Crippen LogP contribution is -2.47. The van der Waals surface area contributed by atoms with Gasteiger partial charge in [0.2, 0.25) is 0 Å². The monoisotopic (exact) mass is 225 g/mol. The predicted octanol–water partition coefficient (Wildman–Crippen LogP) is 1.31. The number of nitrogens with two attached hydrogens (primary N) is 1. The molecular weight excluding hydrogens is 202 g/mol. The zero-order valence-corrected chi connectivity index (χ0v) is 10.2. The van der Waals surface area contributed by atoms with Crippen molar-refractivity contribution in [1.82, 2.24) is 10.2 Å². The normalized spacial score (nSPS) is 24.4. The van der Waals surface area contributed by atoms with Gasteiger partial charge in [0.15, 0.2) is 0 Å². The first-order valence-electron chi connectivity index (χ1n) is 6.43. The van der Waals surface area contributed by atoms with Crippen molar-refractivity contribution < 1.29 is 4.79 Å². The van der Waals surface area contributed by atoms with E-state index in [1.807, 2.05) is 0 Å². The maximum absolute atomic E-state index is 11.0. The Hall–Kier alpha value is -0.770. The average Bonchev–Trinajstić information content (AvgIpc) is 3.08. The molecule has 0 unspecified atom stereocenters. The van der Waals surface area contributed by atoms with E-state index in [1.165, 1.54) is 19.3 Å². The molecule has 4 heteroatoms. The first kappa shape index (κ1) is 11.7. The van der Waals surface area contributed by atoms with E-state index in [9.17, 15) is 4.79 Å². The van der Waals surface area contributed by atoms with Crippen LogP contribution in [0.3, 0.4) is 0 Å². The van der Waals surface area contributed by atoms with Crippen LogP contribution in [-0.4, -0.2) is 36.6 Å². The van der Waals surface area contributed by atoms with Crippen molar-refractivity contribution in [1.29, 1.82) is 0 Å². The van der Waals surface area contributed by atoms with Crippen molar-refractivity contribution in [2.75, 3.05) is 19.6 Å². The first-order chi connectivity index (χ1) is 7.65. The van der Waals surface area contributed by atoms with Crippen molar-refractivity contribution in [3.8, 4) is 0 Å². The lowest BCUT2D eigenvalue weighted by Gasteiger charge is -2.32. The molecule has 0 atom stereocenters. The Morgan fingerprint density at radius 1 is 1.44 bits per heavy atom. The zero-order valence-electron chi connectivity index (χ0n) is 10.2. The minimum atomic E-state index is -0.273. The standard InChI is InChI=1S/C12H23N3O/c1-2-12(5-6-12)9-14-10-3-7-15(8-4-10)11(13)16/h10,14H,2-9H2,1H3,(H2,13,16). The molecular formula is C12H23N3O. The molecule has 2 rings (SSSR count). The number of hydrogen-bond acceptors (Lipinski definition) is 2. The Balaban J connectivity index is 1.67. The van der Waals surface area contributed by atoms with E-state index in [1.54, 1.807) is 4.90 Å². The summed E-state index contributed by atoms with van der Waals surface area (Å²) < 4.78 is 0. The topological polar surface area (TPSA) is 58.4 Å². The van der Waals surface area contributed by atoms with Gasteiger partial charge in [-0.3, -0.25) is 0 Å². The van der Waals surface area contributed by atoms with Crippen LogP contribution in [0.15, 0.2) is 0 Å². The number of carbonyl (C=O) groups is 1. The van der Waals surface area contributed by atoms with Gasteiger partial charge >= 0.3 is 6.03 Å². The molecule has 1 saturated carbocycles. The summed E-state index contributed by atoms with van der Waals surface area (Å²) in [5.41, 5.74) is 5.87. The summed E-state index contributed by atoms with van der Waals surface area (Å²) in [5, 5.41) is 3.66. The molecule has 92 valence electrons. The third kappa shape index (κ3) is 2.67. The van der Waals surface area contributed by atoms with Crippen LogP contribution in [0.25, 0.3) is 0 Å². The van der Waals surface area contributed by atoms with Crippen molar-refractivity contribution in [2.24, 2.45) is 11.1 Å². The molecule has 1 saturated heterocycles. The molecule has 2 fully saturated rings. The van der Waals surface area contributed by atoms with Crippen molar-refractivity contribution in [3.05, 3.63) is 0 Å². The van der Waals surface area contributed by atoms with Crippen molar-refractivity contribution >= 4 is 6.03 Å². The van der Waals surface area contributed by atoms with Crippen LogP contribution in [0.5, 0.6) is 0 Å². The van der Waals surface area contributed by atoms with E-state index in [0.29, 0.717) is 11.5 Å². The van der Waals surface area contributed by atoms with Gasteiger partial charge < -0.3 is 16.0 Å². The highest BCUT2D eigenvalue weighted by atomic mass is 16.2. The molecule has 0 aromatic heterocycles. The number of rotatable bonds is 4. The third-order valence-electron chi connectivity index (χ3n) is 4.28. The van der Waals surface area contributed by atoms with E-state index in [4.69, 9.17) is 5.73 Å². The van der Waals surface area contributed by atoms with Gasteiger partial charge in [-0.05, 0) is 37.5 Å². The number of hydrogen-bond donors (Lipinski definition) is 2. The minimum Gasteiger partial charge on any atom is -0.351 e. The third-order valence-corrected chi connectivity index (χ3v) is 4.28. The molecule has 0 aromatic carbocycles. The Labute approximate surface area is 97.6 Å². The fourth-order valence-corrected chi connectivity index (χ4v) is 2.50. The Kier molecular flexibility index (Phi) is 3.38. The van der Waals surface area contributed by atoms with E-state index < -0.39 is 0 Å². The van der Waals surface area contributed by atoms with E-state index >= 15 is 0 Å². The highest BCUT2D eigenvalue weighted by Gasteiger charge is 2.40. The number of nitrogens with zero attached hydrogens (tertiary/aromatic N) is 1.